The number of anilines is 1. The molecule has 0 saturated carbocycles. The molecular formula is C20H25F3N4S. The summed E-state index contributed by atoms with van der Waals surface area (Å²) in [5.41, 5.74) is 0.0841. The van der Waals surface area contributed by atoms with Crippen LogP contribution in [-0.4, -0.2) is 53.3 Å². The minimum atomic E-state index is -4.29. The molecule has 4 nitrogen and oxygen atoms in total. The number of halogens is 3. The average Bonchev–Trinajstić information content (AvgIpc) is 2.71. The monoisotopic (exact) mass is 410 g/mol. The number of alkyl halides is 3. The molecule has 0 N–H and O–H groups in total. The van der Waals surface area contributed by atoms with Crippen molar-refractivity contribution >= 4 is 17.4 Å². The van der Waals surface area contributed by atoms with Crippen LogP contribution in [0.4, 0.5) is 18.9 Å². The smallest absolute Gasteiger partial charge is 0.369 e. The summed E-state index contributed by atoms with van der Waals surface area (Å²) in [6.45, 7) is 4.36. The molecule has 2 aromatic rings. The first-order valence-corrected chi connectivity index (χ1v) is 10.6. The van der Waals surface area contributed by atoms with Crippen LogP contribution in [0.2, 0.25) is 0 Å². The minimum Gasteiger partial charge on any atom is -0.369 e. The molecule has 0 amide bonds. The molecule has 1 aliphatic heterocycles. The Morgan fingerprint density at radius 3 is 2.39 bits per heavy atom. The lowest BCUT2D eigenvalue weighted by Crippen LogP contribution is -2.46. The summed E-state index contributed by atoms with van der Waals surface area (Å²) in [5, 5.41) is 0.827. The molecule has 0 radical (unpaired) electrons. The number of nitrogens with zero attached hydrogens (tertiary/aromatic N) is 4. The molecule has 1 aromatic carbocycles. The molecule has 0 bridgehead atoms. The van der Waals surface area contributed by atoms with E-state index >= 15 is 0 Å². The van der Waals surface area contributed by atoms with Crippen molar-refractivity contribution in [3.05, 3.63) is 48.3 Å². The summed E-state index contributed by atoms with van der Waals surface area (Å²) < 4.78 is 38.7. The average molecular weight is 411 g/mol. The van der Waals surface area contributed by atoms with Gasteiger partial charge in [-0.15, -0.1) is 0 Å². The third-order valence-corrected chi connectivity index (χ3v) is 5.76. The Hall–Kier alpha value is -1.80. The SMILES string of the molecule is FC(F)(F)c1cccc(N2CCN(CCCCCSc3ncccn3)CC2)c1. The van der Waals surface area contributed by atoms with Crippen LogP contribution in [0.5, 0.6) is 0 Å². The van der Waals surface area contributed by atoms with E-state index in [0.717, 1.165) is 69.0 Å². The van der Waals surface area contributed by atoms with E-state index in [0.29, 0.717) is 5.69 Å². The molecule has 1 aliphatic rings. The Labute approximate surface area is 168 Å². The van der Waals surface area contributed by atoms with Gasteiger partial charge in [-0.05, 0) is 43.7 Å². The number of rotatable bonds is 8. The first kappa shape index (κ1) is 20.9. The number of benzene rings is 1. The lowest BCUT2D eigenvalue weighted by atomic mass is 10.1. The molecule has 0 atom stereocenters. The highest BCUT2D eigenvalue weighted by atomic mass is 32.2. The molecule has 2 heterocycles. The van der Waals surface area contributed by atoms with E-state index in [1.807, 2.05) is 11.0 Å². The van der Waals surface area contributed by atoms with Crippen LogP contribution in [0.3, 0.4) is 0 Å². The van der Waals surface area contributed by atoms with E-state index in [4.69, 9.17) is 0 Å². The van der Waals surface area contributed by atoms with Gasteiger partial charge in [0.2, 0.25) is 0 Å². The standard InChI is InChI=1S/C20H25F3N4S/c21-20(22,23)17-6-4-7-18(16-17)27-13-11-26(12-14-27)10-2-1-3-15-28-19-24-8-5-9-25-19/h4-9,16H,1-3,10-15H2. The van der Waals surface area contributed by atoms with Gasteiger partial charge in [-0.3, -0.25) is 4.90 Å². The Morgan fingerprint density at radius 1 is 0.929 bits per heavy atom. The zero-order valence-electron chi connectivity index (χ0n) is 15.7. The second-order valence-corrected chi connectivity index (χ2v) is 7.88. The van der Waals surface area contributed by atoms with Gasteiger partial charge in [0, 0.05) is 50.0 Å². The molecule has 0 spiro atoms. The van der Waals surface area contributed by atoms with Crippen molar-refractivity contribution < 1.29 is 13.2 Å². The summed E-state index contributed by atoms with van der Waals surface area (Å²) in [5.74, 6) is 1.02. The van der Waals surface area contributed by atoms with Crippen LogP contribution in [0, 0.1) is 0 Å². The van der Waals surface area contributed by atoms with E-state index in [1.165, 1.54) is 12.1 Å². The maximum atomic E-state index is 12.9. The van der Waals surface area contributed by atoms with Crippen LogP contribution in [-0.2, 0) is 6.18 Å². The van der Waals surface area contributed by atoms with Crippen molar-refractivity contribution in [3.8, 4) is 0 Å². The van der Waals surface area contributed by atoms with Gasteiger partial charge < -0.3 is 4.90 Å². The van der Waals surface area contributed by atoms with Crippen molar-refractivity contribution in [1.82, 2.24) is 14.9 Å². The van der Waals surface area contributed by atoms with E-state index in [1.54, 1.807) is 30.2 Å². The topological polar surface area (TPSA) is 32.3 Å². The molecule has 1 saturated heterocycles. The molecular weight excluding hydrogens is 385 g/mol. The third-order valence-electron chi connectivity index (χ3n) is 4.80. The van der Waals surface area contributed by atoms with Crippen molar-refractivity contribution in [1.29, 1.82) is 0 Å². The minimum absolute atomic E-state index is 0.578. The summed E-state index contributed by atoms with van der Waals surface area (Å²) in [4.78, 5) is 12.8. The Morgan fingerprint density at radius 2 is 1.68 bits per heavy atom. The molecule has 0 unspecified atom stereocenters. The van der Waals surface area contributed by atoms with Gasteiger partial charge in [0.05, 0.1) is 5.56 Å². The maximum absolute atomic E-state index is 12.9. The largest absolute Gasteiger partial charge is 0.416 e. The molecule has 1 fully saturated rings. The highest BCUT2D eigenvalue weighted by Gasteiger charge is 2.31. The third kappa shape index (κ3) is 6.38. The number of aromatic nitrogens is 2. The van der Waals surface area contributed by atoms with Crippen molar-refractivity contribution in [2.75, 3.05) is 43.4 Å². The highest BCUT2D eigenvalue weighted by Crippen LogP contribution is 2.31. The quantitative estimate of drug-likeness (QED) is 0.361. The summed E-state index contributed by atoms with van der Waals surface area (Å²) in [6, 6.07) is 7.45. The molecule has 28 heavy (non-hydrogen) atoms. The summed E-state index contributed by atoms with van der Waals surface area (Å²) >= 11 is 1.68. The number of hydrogen-bond acceptors (Lipinski definition) is 5. The van der Waals surface area contributed by atoms with Crippen LogP contribution in [0.15, 0.2) is 47.9 Å². The number of piperazine rings is 1. The number of thioether (sulfide) groups is 1. The second kappa shape index (κ2) is 10.1. The fourth-order valence-electron chi connectivity index (χ4n) is 3.25. The van der Waals surface area contributed by atoms with Gasteiger partial charge in [0.1, 0.15) is 0 Å². The van der Waals surface area contributed by atoms with E-state index in [2.05, 4.69) is 14.9 Å². The van der Waals surface area contributed by atoms with Crippen molar-refractivity contribution in [3.63, 3.8) is 0 Å². The second-order valence-electron chi connectivity index (χ2n) is 6.82. The predicted molar refractivity (Wildman–Crippen MR) is 107 cm³/mol. The molecule has 3 rings (SSSR count). The maximum Gasteiger partial charge on any atom is 0.416 e. The zero-order chi connectivity index (χ0) is 19.8. The van der Waals surface area contributed by atoms with Gasteiger partial charge in [0.15, 0.2) is 5.16 Å². The van der Waals surface area contributed by atoms with Gasteiger partial charge in [-0.2, -0.15) is 13.2 Å². The summed E-state index contributed by atoms with van der Waals surface area (Å²) in [6.07, 6.45) is 2.66. The highest BCUT2D eigenvalue weighted by molar-refractivity contribution is 7.99. The van der Waals surface area contributed by atoms with Gasteiger partial charge in [0.25, 0.3) is 0 Å². The molecule has 152 valence electrons. The first-order valence-electron chi connectivity index (χ1n) is 9.57. The zero-order valence-corrected chi connectivity index (χ0v) is 16.6. The molecule has 0 aliphatic carbocycles. The molecule has 1 aromatic heterocycles. The normalized spacial score (nSPS) is 15.8. The Balaban J connectivity index is 1.32. The Kier molecular flexibility index (Phi) is 7.56. The van der Waals surface area contributed by atoms with Crippen LogP contribution in [0.25, 0.3) is 0 Å². The summed E-state index contributed by atoms with van der Waals surface area (Å²) in [7, 11) is 0. The van der Waals surface area contributed by atoms with Crippen molar-refractivity contribution in [2.24, 2.45) is 0 Å². The fraction of sp³-hybridized carbons (Fsp3) is 0.500. The van der Waals surface area contributed by atoms with E-state index in [-0.39, 0.29) is 0 Å². The number of unbranched alkanes of at least 4 members (excludes halogenated alkanes) is 2. The van der Waals surface area contributed by atoms with Gasteiger partial charge in [-0.25, -0.2) is 9.97 Å². The first-order chi connectivity index (χ1) is 13.5. The lowest BCUT2D eigenvalue weighted by Gasteiger charge is -2.36. The van der Waals surface area contributed by atoms with E-state index < -0.39 is 11.7 Å². The van der Waals surface area contributed by atoms with Crippen LogP contribution >= 0.6 is 11.8 Å². The van der Waals surface area contributed by atoms with Crippen LogP contribution < -0.4 is 4.90 Å². The number of hydrogen-bond donors (Lipinski definition) is 0. The van der Waals surface area contributed by atoms with Crippen molar-refractivity contribution in [2.45, 2.75) is 30.6 Å². The van der Waals surface area contributed by atoms with Crippen LogP contribution in [0.1, 0.15) is 24.8 Å². The Bertz CT molecular complexity index is 719. The fourth-order valence-corrected chi connectivity index (χ4v) is 4.05. The predicted octanol–water partition coefficient (Wildman–Crippen LogP) is 4.58. The molecule has 8 heteroatoms. The lowest BCUT2D eigenvalue weighted by molar-refractivity contribution is -0.137. The van der Waals surface area contributed by atoms with Gasteiger partial charge in [-0.1, -0.05) is 24.2 Å². The van der Waals surface area contributed by atoms with Gasteiger partial charge >= 0.3 is 6.18 Å². The van der Waals surface area contributed by atoms with E-state index in [9.17, 15) is 13.2 Å².